The molecule has 3 aliphatic rings. The van der Waals surface area contributed by atoms with Crippen LogP contribution in [0, 0.1) is 11.8 Å². The smallest absolute Gasteiger partial charge is 0.428 e. The van der Waals surface area contributed by atoms with Gasteiger partial charge >= 0.3 is 22.4 Å². The van der Waals surface area contributed by atoms with E-state index in [4.69, 9.17) is 4.74 Å². The molecule has 6 rings (SSSR count). The van der Waals surface area contributed by atoms with Crippen molar-refractivity contribution < 1.29 is 57.3 Å². The Morgan fingerprint density at radius 3 is 1.78 bits per heavy atom. The van der Waals surface area contributed by atoms with Gasteiger partial charge in [-0.15, -0.1) is 0 Å². The van der Waals surface area contributed by atoms with Crippen LogP contribution in [0.15, 0.2) is 99.6 Å². The molecule has 3 fully saturated rings. The predicted molar refractivity (Wildman–Crippen MR) is 206 cm³/mol. The fourth-order valence-corrected chi connectivity index (χ4v) is 11.7. The average Bonchev–Trinajstić information content (AvgIpc) is 3.21. The van der Waals surface area contributed by atoms with Gasteiger partial charge in [-0.3, -0.25) is 9.69 Å². The van der Waals surface area contributed by atoms with Crippen molar-refractivity contribution in [1.82, 2.24) is 9.21 Å². The number of ether oxygens (including phenoxy) is 1. The van der Waals surface area contributed by atoms with Gasteiger partial charge in [0.2, 0.25) is 0 Å². The fraction of sp³-hybridized carbons (Fsp3) is 0.525. The van der Waals surface area contributed by atoms with Crippen LogP contribution in [-0.2, 0) is 40.6 Å². The topological polar surface area (TPSA) is 124 Å². The number of nitrogens with zero attached hydrogens (tertiary/aromatic N) is 2. The Kier molecular flexibility index (Phi) is 15.1. The van der Waals surface area contributed by atoms with Gasteiger partial charge in [-0.2, -0.15) is 30.6 Å². The molecule has 0 radical (unpaired) electrons. The summed E-state index contributed by atoms with van der Waals surface area (Å²) in [7, 11) is -13.7. The van der Waals surface area contributed by atoms with Gasteiger partial charge in [0.05, 0.1) is 24.0 Å². The van der Waals surface area contributed by atoms with Crippen molar-refractivity contribution in [3.63, 3.8) is 0 Å². The van der Waals surface area contributed by atoms with E-state index in [1.807, 2.05) is 0 Å². The third-order valence-electron chi connectivity index (χ3n) is 10.9. The van der Waals surface area contributed by atoms with Crippen LogP contribution >= 0.6 is 0 Å². The SMILES string of the molecule is CC(COC(=O)CN1CCCCC1)c1ccc([S+](c2ccccc2)c2ccccc2)cc1.O=S(=O)([O-])C(F)(F)C(F)(F)C(F)(F)S(=O)(=O)N1CCC2CCCCC2C1. The van der Waals surface area contributed by atoms with Gasteiger partial charge < -0.3 is 9.29 Å². The first-order valence-corrected chi connectivity index (χ1v) is 23.3. The second kappa shape index (κ2) is 19.0. The van der Waals surface area contributed by atoms with Gasteiger partial charge in [0.1, 0.15) is 0 Å². The number of alkyl halides is 6. The Balaban J connectivity index is 0.000000226. The summed E-state index contributed by atoms with van der Waals surface area (Å²) in [6.07, 6.45) is 6.48. The highest BCUT2D eigenvalue weighted by atomic mass is 32.2. The largest absolute Gasteiger partial charge is 0.743 e. The molecule has 3 atom stereocenters. The zero-order chi connectivity index (χ0) is 42.4. The first kappa shape index (κ1) is 45.9. The van der Waals surface area contributed by atoms with Crippen LogP contribution in [0.2, 0.25) is 0 Å². The number of piperidine rings is 2. The van der Waals surface area contributed by atoms with Crippen molar-refractivity contribution in [2.24, 2.45) is 11.8 Å². The summed E-state index contributed by atoms with van der Waals surface area (Å²) in [6, 6.07) is 30.2. The number of rotatable bonds is 13. The van der Waals surface area contributed by atoms with Crippen molar-refractivity contribution in [3.8, 4) is 0 Å². The number of carbonyl (C=O) groups is 1. The Hall–Kier alpha value is -3.16. The summed E-state index contributed by atoms with van der Waals surface area (Å²) >= 11 is 0. The molecular weight excluding hydrogens is 831 g/mol. The summed E-state index contributed by atoms with van der Waals surface area (Å²) in [4.78, 5) is 18.4. The molecule has 320 valence electrons. The minimum atomic E-state index is -7.25. The third kappa shape index (κ3) is 10.2. The minimum absolute atomic E-state index is 0.0130. The number of halogens is 6. The van der Waals surface area contributed by atoms with Gasteiger partial charge in [0.15, 0.2) is 24.8 Å². The van der Waals surface area contributed by atoms with E-state index < -0.39 is 49.7 Å². The zero-order valence-corrected chi connectivity index (χ0v) is 34.4. The van der Waals surface area contributed by atoms with Crippen LogP contribution in [-0.4, -0.2) is 92.3 Å². The molecule has 18 heteroatoms. The van der Waals surface area contributed by atoms with Crippen molar-refractivity contribution in [3.05, 3.63) is 90.5 Å². The number of benzene rings is 3. The van der Waals surface area contributed by atoms with E-state index >= 15 is 0 Å². The first-order chi connectivity index (χ1) is 27.3. The number of hydrogen-bond acceptors (Lipinski definition) is 8. The van der Waals surface area contributed by atoms with E-state index in [-0.39, 0.29) is 45.3 Å². The van der Waals surface area contributed by atoms with E-state index in [0.717, 1.165) is 25.9 Å². The lowest BCUT2D eigenvalue weighted by Crippen LogP contribution is -2.64. The molecule has 0 N–H and O–H groups in total. The molecule has 0 spiro atoms. The molecule has 2 heterocycles. The molecule has 2 aliphatic heterocycles. The van der Waals surface area contributed by atoms with Crippen LogP contribution in [0.5, 0.6) is 0 Å². The molecular formula is C40H48F6N2O7S3. The van der Waals surface area contributed by atoms with Crippen LogP contribution < -0.4 is 0 Å². The zero-order valence-electron chi connectivity index (χ0n) is 32.0. The summed E-state index contributed by atoms with van der Waals surface area (Å²) in [6.45, 7) is 3.86. The van der Waals surface area contributed by atoms with Crippen molar-refractivity contribution in [1.29, 1.82) is 0 Å². The lowest BCUT2D eigenvalue weighted by Gasteiger charge is -2.42. The molecule has 1 saturated carbocycles. The van der Waals surface area contributed by atoms with E-state index in [9.17, 15) is 52.5 Å². The second-order valence-corrected chi connectivity index (χ2v) is 20.4. The van der Waals surface area contributed by atoms with Crippen LogP contribution in [0.3, 0.4) is 0 Å². The standard InChI is InChI=1S/C28H32NO2S.C12H17F6NO5S2/c1-23(22-31-28(30)21-29-19-9-4-10-20-29)24-15-17-27(18-16-24)32(25-11-5-2-6-12-25)26-13-7-3-8-14-26;13-10(14,12(17,18)26(22,23)24)11(15,16)25(20,21)19-6-5-8-3-1-2-4-9(8)7-19/h2-3,5-8,11-18,23H,4,9-10,19-22H2,1H3;8-9H,1-7H2,(H,22,23,24)/q+1;/p-1. The average molecular weight is 879 g/mol. The van der Waals surface area contributed by atoms with Crippen LogP contribution in [0.1, 0.15) is 69.8 Å². The Morgan fingerprint density at radius 1 is 0.724 bits per heavy atom. The number of sulfonamides is 1. The highest BCUT2D eigenvalue weighted by Crippen LogP contribution is 2.52. The van der Waals surface area contributed by atoms with Crippen LogP contribution in [0.4, 0.5) is 26.3 Å². The number of likely N-dealkylation sites (tertiary alicyclic amines) is 1. The second-order valence-electron chi connectivity index (χ2n) is 14.9. The number of hydrogen-bond donors (Lipinski definition) is 0. The number of fused-ring (bicyclic) bond motifs is 1. The maximum atomic E-state index is 14.0. The summed E-state index contributed by atoms with van der Waals surface area (Å²) in [5.74, 6) is -7.23. The van der Waals surface area contributed by atoms with E-state index in [0.29, 0.717) is 26.0 Å². The summed E-state index contributed by atoms with van der Waals surface area (Å²) in [5.41, 5.74) is 1.20. The van der Waals surface area contributed by atoms with Gasteiger partial charge in [0.25, 0.3) is 10.0 Å². The molecule has 9 nitrogen and oxygen atoms in total. The van der Waals surface area contributed by atoms with Crippen molar-refractivity contribution in [2.45, 2.75) is 95.3 Å². The summed E-state index contributed by atoms with van der Waals surface area (Å²) in [5, 5.41) is -13.3. The maximum absolute atomic E-state index is 14.0. The molecule has 0 amide bonds. The van der Waals surface area contributed by atoms with Gasteiger partial charge in [-0.05, 0) is 92.6 Å². The minimum Gasteiger partial charge on any atom is -0.743 e. The lowest BCUT2D eigenvalue weighted by molar-refractivity contribution is -0.247. The summed E-state index contributed by atoms with van der Waals surface area (Å²) < 4.78 is 142. The fourth-order valence-electron chi connectivity index (χ4n) is 7.55. The Morgan fingerprint density at radius 2 is 1.24 bits per heavy atom. The Bertz CT molecular complexity index is 1980. The first-order valence-electron chi connectivity index (χ1n) is 19.2. The van der Waals surface area contributed by atoms with E-state index in [1.165, 1.54) is 39.5 Å². The van der Waals surface area contributed by atoms with Gasteiger partial charge in [0, 0.05) is 19.0 Å². The monoisotopic (exact) mass is 878 g/mol. The molecule has 3 aromatic carbocycles. The molecule has 0 bridgehead atoms. The highest BCUT2D eigenvalue weighted by molar-refractivity contribution is 7.97. The molecule has 0 aromatic heterocycles. The Labute approximate surface area is 339 Å². The van der Waals surface area contributed by atoms with Gasteiger partial charge in [-0.25, -0.2) is 16.8 Å². The maximum Gasteiger partial charge on any atom is 0.428 e. The van der Waals surface area contributed by atoms with E-state index in [1.54, 1.807) is 0 Å². The molecule has 3 unspecified atom stereocenters. The normalized spacial score (nSPS) is 20.7. The van der Waals surface area contributed by atoms with Crippen molar-refractivity contribution >= 4 is 37.0 Å². The lowest BCUT2D eigenvalue weighted by atomic mass is 9.76. The van der Waals surface area contributed by atoms with Crippen LogP contribution in [0.25, 0.3) is 0 Å². The molecule has 3 aromatic rings. The molecule has 58 heavy (non-hydrogen) atoms. The predicted octanol–water partition coefficient (Wildman–Crippen LogP) is 8.11. The van der Waals surface area contributed by atoms with Gasteiger partial charge in [-0.1, -0.05) is 81.1 Å². The quantitative estimate of drug-likeness (QED) is 0.0731. The third-order valence-corrected chi connectivity index (χ3v) is 15.9. The molecule has 2 saturated heterocycles. The number of carbonyl (C=O) groups excluding carboxylic acids is 1. The molecule has 1 aliphatic carbocycles. The van der Waals surface area contributed by atoms with Crippen molar-refractivity contribution in [2.75, 3.05) is 39.3 Å². The number of esters is 1. The van der Waals surface area contributed by atoms with E-state index in [2.05, 4.69) is 96.8 Å². The highest BCUT2D eigenvalue weighted by Gasteiger charge is 2.80.